The van der Waals surface area contributed by atoms with E-state index < -0.39 is 10.6 Å². The third-order valence-electron chi connectivity index (χ3n) is 1.73. The van der Waals surface area contributed by atoms with E-state index in [-0.39, 0.29) is 0 Å². The predicted octanol–water partition coefficient (Wildman–Crippen LogP) is 2.55. The van der Waals surface area contributed by atoms with Gasteiger partial charge in [0.1, 0.15) is 0 Å². The molecule has 0 unspecified atom stereocenters. The second-order valence-corrected chi connectivity index (χ2v) is 3.55. The average molecular weight is 220 g/mol. The van der Waals surface area contributed by atoms with Crippen LogP contribution in [-0.4, -0.2) is 11.2 Å². The molecular weight excluding hydrogens is 212 g/mol. The highest BCUT2D eigenvalue weighted by molar-refractivity contribution is 7.98. The molecule has 0 radical (unpaired) electrons. The lowest BCUT2D eigenvalue weighted by Crippen LogP contribution is -1.94. The maximum Gasteiger partial charge on any atom is 0.346 e. The lowest BCUT2D eigenvalue weighted by molar-refractivity contribution is -0.415. The quantitative estimate of drug-likeness (QED) is 0.340. The van der Waals surface area contributed by atoms with Gasteiger partial charge in [-0.3, -0.25) is 10.1 Å². The predicted molar refractivity (Wildman–Crippen MR) is 58.8 cm³/mol. The molecule has 15 heavy (non-hydrogen) atoms. The van der Waals surface area contributed by atoms with Crippen LogP contribution >= 0.6 is 11.8 Å². The maximum atomic E-state index is 10.4. The van der Waals surface area contributed by atoms with Crippen LogP contribution in [0.5, 0.6) is 0 Å². The highest BCUT2D eigenvalue weighted by Crippen LogP contribution is 2.16. The molecule has 76 valence electrons. The van der Waals surface area contributed by atoms with Crippen molar-refractivity contribution < 1.29 is 4.92 Å². The van der Waals surface area contributed by atoms with Crippen LogP contribution in [0.2, 0.25) is 0 Å². The molecule has 0 atom stereocenters. The summed E-state index contributed by atoms with van der Waals surface area (Å²) in [6, 6.07) is 8.73. The van der Waals surface area contributed by atoms with Crippen molar-refractivity contribution in [3.05, 3.63) is 45.6 Å². The van der Waals surface area contributed by atoms with Crippen LogP contribution in [0.4, 0.5) is 0 Å². The summed E-state index contributed by atoms with van der Waals surface area (Å²) in [5.74, 6) is 0. The Hall–Kier alpha value is -1.80. The molecule has 0 aliphatic rings. The Morgan fingerprint density at radius 3 is 2.53 bits per heavy atom. The summed E-state index contributed by atoms with van der Waals surface area (Å²) in [5.41, 5.74) is 0.202. The van der Waals surface area contributed by atoms with E-state index in [1.54, 1.807) is 23.9 Å². The van der Waals surface area contributed by atoms with Crippen molar-refractivity contribution in [2.24, 2.45) is 0 Å². The number of thioether (sulfide) groups is 1. The minimum Gasteiger partial charge on any atom is -0.258 e. The monoisotopic (exact) mass is 220 g/mol. The van der Waals surface area contributed by atoms with Crippen molar-refractivity contribution in [1.82, 2.24) is 0 Å². The Morgan fingerprint density at radius 1 is 1.53 bits per heavy atom. The molecule has 1 rings (SSSR count). The summed E-state index contributed by atoms with van der Waals surface area (Å²) >= 11 is 1.59. The van der Waals surface area contributed by atoms with Gasteiger partial charge in [0.05, 0.1) is 4.92 Å². The first-order valence-corrected chi connectivity index (χ1v) is 5.30. The molecular formula is C10H8N2O2S. The molecule has 0 saturated carbocycles. The van der Waals surface area contributed by atoms with Crippen molar-refractivity contribution in [2.75, 3.05) is 6.26 Å². The van der Waals surface area contributed by atoms with Gasteiger partial charge < -0.3 is 0 Å². The smallest absolute Gasteiger partial charge is 0.258 e. The molecule has 1 aromatic rings. The molecule has 4 nitrogen and oxygen atoms in total. The molecule has 0 bridgehead atoms. The summed E-state index contributed by atoms with van der Waals surface area (Å²) in [6.45, 7) is 0. The highest BCUT2D eigenvalue weighted by Gasteiger charge is 2.07. The third kappa shape index (κ3) is 3.11. The van der Waals surface area contributed by atoms with Crippen LogP contribution in [-0.2, 0) is 0 Å². The Balaban J connectivity index is 2.98. The van der Waals surface area contributed by atoms with Gasteiger partial charge in [0.15, 0.2) is 6.07 Å². The topological polar surface area (TPSA) is 66.9 Å². The van der Waals surface area contributed by atoms with E-state index in [9.17, 15) is 10.1 Å². The van der Waals surface area contributed by atoms with Gasteiger partial charge >= 0.3 is 5.70 Å². The van der Waals surface area contributed by atoms with Gasteiger partial charge in [-0.25, -0.2) is 0 Å². The van der Waals surface area contributed by atoms with Crippen molar-refractivity contribution in [3.8, 4) is 6.07 Å². The SMILES string of the molecule is CSc1ccc(/C=C(/C#N)[N+](=O)[O-])cc1. The largest absolute Gasteiger partial charge is 0.346 e. The van der Waals surface area contributed by atoms with E-state index in [2.05, 4.69) is 0 Å². The second-order valence-electron chi connectivity index (χ2n) is 2.67. The van der Waals surface area contributed by atoms with Crippen molar-refractivity contribution in [1.29, 1.82) is 5.26 Å². The first kappa shape index (κ1) is 11.3. The minimum absolute atomic E-state index is 0.452. The molecule has 0 spiro atoms. The molecule has 0 aliphatic heterocycles. The molecule has 0 aliphatic carbocycles. The van der Waals surface area contributed by atoms with Crippen LogP contribution in [0.15, 0.2) is 34.9 Å². The van der Waals surface area contributed by atoms with E-state index in [1.807, 2.05) is 18.4 Å². The summed E-state index contributed by atoms with van der Waals surface area (Å²) in [5, 5.41) is 18.9. The lowest BCUT2D eigenvalue weighted by Gasteiger charge is -1.96. The second kappa shape index (κ2) is 5.17. The number of hydrogen-bond acceptors (Lipinski definition) is 4. The number of benzene rings is 1. The van der Waals surface area contributed by atoms with E-state index >= 15 is 0 Å². The zero-order chi connectivity index (χ0) is 11.3. The van der Waals surface area contributed by atoms with Gasteiger partial charge in [0.25, 0.3) is 0 Å². The van der Waals surface area contributed by atoms with Crippen molar-refractivity contribution >= 4 is 17.8 Å². The molecule has 0 amide bonds. The maximum absolute atomic E-state index is 10.4. The summed E-state index contributed by atoms with van der Waals surface area (Å²) in [7, 11) is 0. The van der Waals surface area contributed by atoms with Gasteiger partial charge in [-0.15, -0.1) is 11.8 Å². The number of allylic oxidation sites excluding steroid dienone is 1. The molecule has 0 fully saturated rings. The Bertz CT molecular complexity index is 432. The van der Waals surface area contributed by atoms with Gasteiger partial charge in [0.2, 0.25) is 0 Å². The molecule has 0 saturated heterocycles. The molecule has 0 heterocycles. The number of nitriles is 1. The lowest BCUT2D eigenvalue weighted by atomic mass is 10.2. The average Bonchev–Trinajstić information content (AvgIpc) is 2.26. The van der Waals surface area contributed by atoms with Crippen LogP contribution in [0.1, 0.15) is 5.56 Å². The first-order chi connectivity index (χ1) is 7.17. The fourth-order valence-electron chi connectivity index (χ4n) is 0.984. The third-order valence-corrected chi connectivity index (χ3v) is 2.47. The van der Waals surface area contributed by atoms with Crippen molar-refractivity contribution in [2.45, 2.75) is 4.90 Å². The van der Waals surface area contributed by atoms with Crippen LogP contribution in [0.3, 0.4) is 0 Å². The fraction of sp³-hybridized carbons (Fsp3) is 0.100. The minimum atomic E-state index is -0.692. The first-order valence-electron chi connectivity index (χ1n) is 4.07. The summed E-state index contributed by atoms with van der Waals surface area (Å²) in [6.07, 6.45) is 3.20. The van der Waals surface area contributed by atoms with Crippen molar-refractivity contribution in [3.63, 3.8) is 0 Å². The summed E-state index contributed by atoms with van der Waals surface area (Å²) in [4.78, 5) is 10.8. The molecule has 5 heteroatoms. The molecule has 1 aromatic carbocycles. The van der Waals surface area contributed by atoms with Crippen LogP contribution < -0.4 is 0 Å². The van der Waals surface area contributed by atoms with Gasteiger partial charge in [-0.1, -0.05) is 12.1 Å². The van der Waals surface area contributed by atoms with E-state index in [1.165, 1.54) is 12.1 Å². The van der Waals surface area contributed by atoms with Crippen LogP contribution in [0, 0.1) is 21.4 Å². The Morgan fingerprint density at radius 2 is 2.13 bits per heavy atom. The standard InChI is InChI=1S/C10H8N2O2S/c1-15-10-4-2-8(3-5-10)6-9(7-11)12(13)14/h2-6H,1H3/b9-6-. The van der Waals surface area contributed by atoms with Gasteiger partial charge in [-0.2, -0.15) is 5.26 Å². The molecule has 0 aromatic heterocycles. The number of hydrogen-bond donors (Lipinski definition) is 0. The number of nitrogens with zero attached hydrogens (tertiary/aromatic N) is 2. The van der Waals surface area contributed by atoms with E-state index in [4.69, 9.17) is 5.26 Å². The van der Waals surface area contributed by atoms with Gasteiger partial charge in [-0.05, 0) is 24.0 Å². The zero-order valence-electron chi connectivity index (χ0n) is 8.01. The highest BCUT2D eigenvalue weighted by atomic mass is 32.2. The fourth-order valence-corrected chi connectivity index (χ4v) is 1.39. The van der Waals surface area contributed by atoms with E-state index in [0.717, 1.165) is 4.90 Å². The van der Waals surface area contributed by atoms with Gasteiger partial charge in [0, 0.05) is 11.0 Å². The molecule has 0 N–H and O–H groups in total. The normalized spacial score (nSPS) is 10.8. The van der Waals surface area contributed by atoms with E-state index in [0.29, 0.717) is 5.56 Å². The number of nitro groups is 1. The summed E-state index contributed by atoms with van der Waals surface area (Å²) < 4.78 is 0. The Labute approximate surface area is 91.4 Å². The Kier molecular flexibility index (Phi) is 3.89. The number of rotatable bonds is 3. The van der Waals surface area contributed by atoms with Crippen LogP contribution in [0.25, 0.3) is 6.08 Å². The zero-order valence-corrected chi connectivity index (χ0v) is 8.82.